The van der Waals surface area contributed by atoms with Crippen molar-refractivity contribution < 1.29 is 13.2 Å². The van der Waals surface area contributed by atoms with E-state index >= 15 is 0 Å². The summed E-state index contributed by atoms with van der Waals surface area (Å²) in [5.74, 6) is -0.350. The normalized spacial score (nSPS) is 11.4. The van der Waals surface area contributed by atoms with Crippen LogP contribution in [0.2, 0.25) is 5.02 Å². The Morgan fingerprint density at radius 3 is 2.38 bits per heavy atom. The average Bonchev–Trinajstić information content (AvgIpc) is 2.76. The van der Waals surface area contributed by atoms with Crippen LogP contribution in [0.15, 0.2) is 93.6 Å². The van der Waals surface area contributed by atoms with E-state index < -0.39 is 20.2 Å². The first-order valence-electron chi connectivity index (χ1n) is 9.75. The van der Waals surface area contributed by atoms with E-state index in [0.717, 1.165) is 5.56 Å². The molecular formula is C24H19ClN2O4S. The number of hydrogen-bond donors (Lipinski definition) is 1. The molecule has 32 heavy (non-hydrogen) atoms. The third-order valence-corrected chi connectivity index (χ3v) is 7.00. The van der Waals surface area contributed by atoms with Gasteiger partial charge < -0.3 is 9.88 Å². The predicted molar refractivity (Wildman–Crippen MR) is 125 cm³/mol. The number of carbonyl (C=O) groups excluding carboxylic acids is 1. The highest BCUT2D eigenvalue weighted by atomic mass is 35.5. The lowest BCUT2D eigenvalue weighted by molar-refractivity contribution is -0.116. The number of carbonyl (C=O) groups is 1. The number of aryl methyl sites for hydroxylation is 1. The van der Waals surface area contributed by atoms with Gasteiger partial charge in [0, 0.05) is 22.3 Å². The fourth-order valence-corrected chi connectivity index (χ4v) is 4.92. The Bertz CT molecular complexity index is 1480. The molecule has 0 unspecified atom stereocenters. The van der Waals surface area contributed by atoms with Crippen LogP contribution in [0, 0.1) is 6.92 Å². The Morgan fingerprint density at radius 1 is 1.00 bits per heavy atom. The lowest BCUT2D eigenvalue weighted by Gasteiger charge is -2.14. The van der Waals surface area contributed by atoms with Crippen LogP contribution in [0.25, 0.3) is 10.9 Å². The molecule has 0 saturated carbocycles. The minimum absolute atomic E-state index is 0.0497. The zero-order chi connectivity index (χ0) is 22.9. The smallest absolute Gasteiger partial charge is 0.244 e. The second-order valence-corrected chi connectivity index (χ2v) is 9.70. The van der Waals surface area contributed by atoms with Gasteiger partial charge in [0.25, 0.3) is 0 Å². The van der Waals surface area contributed by atoms with Crippen molar-refractivity contribution in [2.75, 3.05) is 5.32 Å². The zero-order valence-corrected chi connectivity index (χ0v) is 18.7. The van der Waals surface area contributed by atoms with Gasteiger partial charge >= 0.3 is 0 Å². The SMILES string of the molecule is Cc1ccc2c(c1)c(=O)c(S(=O)(=O)c1ccc(Cl)cc1)cn2CC(=O)Nc1ccccc1. The highest BCUT2D eigenvalue weighted by Gasteiger charge is 2.24. The Morgan fingerprint density at radius 2 is 1.69 bits per heavy atom. The molecule has 0 radical (unpaired) electrons. The van der Waals surface area contributed by atoms with Crippen LogP contribution in [-0.4, -0.2) is 18.9 Å². The first-order valence-corrected chi connectivity index (χ1v) is 11.6. The van der Waals surface area contributed by atoms with Gasteiger partial charge in [-0.25, -0.2) is 8.42 Å². The van der Waals surface area contributed by atoms with E-state index in [1.54, 1.807) is 42.5 Å². The van der Waals surface area contributed by atoms with E-state index in [-0.39, 0.29) is 22.7 Å². The van der Waals surface area contributed by atoms with E-state index in [1.165, 1.54) is 35.0 Å². The van der Waals surface area contributed by atoms with Gasteiger partial charge in [-0.05, 0) is 55.5 Å². The highest BCUT2D eigenvalue weighted by Crippen LogP contribution is 2.23. The summed E-state index contributed by atoms with van der Waals surface area (Å²) in [5.41, 5.74) is 1.28. The van der Waals surface area contributed by atoms with Crippen LogP contribution in [0.5, 0.6) is 0 Å². The van der Waals surface area contributed by atoms with Crippen LogP contribution >= 0.6 is 11.6 Å². The molecule has 1 amide bonds. The number of para-hydroxylation sites is 1. The number of sulfone groups is 1. The highest BCUT2D eigenvalue weighted by molar-refractivity contribution is 7.91. The van der Waals surface area contributed by atoms with Crippen molar-refractivity contribution in [2.24, 2.45) is 0 Å². The first-order chi connectivity index (χ1) is 15.3. The quantitative estimate of drug-likeness (QED) is 0.471. The second-order valence-electron chi connectivity index (χ2n) is 7.34. The van der Waals surface area contributed by atoms with Gasteiger partial charge in [-0.3, -0.25) is 9.59 Å². The van der Waals surface area contributed by atoms with Crippen molar-refractivity contribution in [3.63, 3.8) is 0 Å². The average molecular weight is 467 g/mol. The minimum atomic E-state index is -4.13. The number of amides is 1. The van der Waals surface area contributed by atoms with Crippen LogP contribution in [-0.2, 0) is 21.2 Å². The molecule has 8 heteroatoms. The van der Waals surface area contributed by atoms with Crippen LogP contribution in [0.1, 0.15) is 5.56 Å². The third kappa shape index (κ3) is 4.30. The van der Waals surface area contributed by atoms with E-state index in [1.807, 2.05) is 13.0 Å². The molecule has 1 heterocycles. The predicted octanol–water partition coefficient (Wildman–Crippen LogP) is 4.43. The maximum absolute atomic E-state index is 13.3. The Labute approximate surface area is 190 Å². The fraction of sp³-hybridized carbons (Fsp3) is 0.0833. The number of halogens is 1. The topological polar surface area (TPSA) is 85.2 Å². The van der Waals surface area contributed by atoms with E-state index in [4.69, 9.17) is 11.6 Å². The molecule has 1 N–H and O–H groups in total. The van der Waals surface area contributed by atoms with Crippen molar-refractivity contribution in [3.8, 4) is 0 Å². The molecule has 0 aliphatic carbocycles. The minimum Gasteiger partial charge on any atom is -0.336 e. The van der Waals surface area contributed by atoms with Crippen LogP contribution in [0.3, 0.4) is 0 Å². The standard InChI is InChI=1S/C24H19ClN2O4S/c1-16-7-12-21-20(13-16)24(29)22(32(30,31)19-10-8-17(25)9-11-19)14-27(21)15-23(28)26-18-5-3-2-4-6-18/h2-14H,15H2,1H3,(H,26,28). The number of aromatic nitrogens is 1. The summed E-state index contributed by atoms with van der Waals surface area (Å²) >= 11 is 5.88. The molecule has 0 saturated heterocycles. The molecule has 0 fully saturated rings. The summed E-state index contributed by atoms with van der Waals surface area (Å²) in [6, 6.07) is 19.7. The van der Waals surface area contributed by atoms with Crippen LogP contribution in [0.4, 0.5) is 5.69 Å². The molecule has 162 valence electrons. The Hall–Kier alpha value is -3.42. The molecule has 6 nitrogen and oxygen atoms in total. The number of nitrogens with one attached hydrogen (secondary N) is 1. The van der Waals surface area contributed by atoms with Crippen molar-refractivity contribution in [1.29, 1.82) is 0 Å². The monoisotopic (exact) mass is 466 g/mol. The number of hydrogen-bond acceptors (Lipinski definition) is 4. The summed E-state index contributed by atoms with van der Waals surface area (Å²) in [6.07, 6.45) is 1.23. The molecule has 3 aromatic carbocycles. The Balaban J connectivity index is 1.84. The van der Waals surface area contributed by atoms with E-state index in [9.17, 15) is 18.0 Å². The van der Waals surface area contributed by atoms with Crippen LogP contribution < -0.4 is 10.7 Å². The maximum atomic E-state index is 13.3. The summed E-state index contributed by atoms with van der Waals surface area (Å²) in [6.45, 7) is 1.64. The summed E-state index contributed by atoms with van der Waals surface area (Å²) in [4.78, 5) is 25.4. The first kappa shape index (κ1) is 21.8. The van der Waals surface area contributed by atoms with Gasteiger partial charge in [0.1, 0.15) is 11.4 Å². The molecule has 4 rings (SSSR count). The molecule has 4 aromatic rings. The lowest BCUT2D eigenvalue weighted by Crippen LogP contribution is -2.24. The van der Waals surface area contributed by atoms with Gasteiger partial charge in [-0.2, -0.15) is 0 Å². The van der Waals surface area contributed by atoms with E-state index in [0.29, 0.717) is 16.2 Å². The van der Waals surface area contributed by atoms with Crippen molar-refractivity contribution >= 4 is 43.9 Å². The molecule has 0 atom stereocenters. The summed E-state index contributed by atoms with van der Waals surface area (Å²) in [7, 11) is -4.13. The van der Waals surface area contributed by atoms with Crippen molar-refractivity contribution in [2.45, 2.75) is 23.3 Å². The molecular weight excluding hydrogens is 448 g/mol. The van der Waals surface area contributed by atoms with Gasteiger partial charge in [-0.1, -0.05) is 41.4 Å². The van der Waals surface area contributed by atoms with Gasteiger partial charge in [0.05, 0.1) is 10.4 Å². The van der Waals surface area contributed by atoms with Gasteiger partial charge in [0.2, 0.25) is 21.2 Å². The molecule has 0 aliphatic heterocycles. The zero-order valence-electron chi connectivity index (χ0n) is 17.1. The second kappa shape index (κ2) is 8.61. The van der Waals surface area contributed by atoms with Gasteiger partial charge in [-0.15, -0.1) is 0 Å². The maximum Gasteiger partial charge on any atom is 0.244 e. The summed E-state index contributed by atoms with van der Waals surface area (Å²) < 4.78 is 28.0. The fourth-order valence-electron chi connectivity index (χ4n) is 3.42. The number of benzene rings is 3. The van der Waals surface area contributed by atoms with Crippen molar-refractivity contribution in [1.82, 2.24) is 4.57 Å². The van der Waals surface area contributed by atoms with E-state index in [2.05, 4.69) is 5.32 Å². The molecule has 0 spiro atoms. The number of fused-ring (bicyclic) bond motifs is 1. The molecule has 0 bridgehead atoms. The Kier molecular flexibility index (Phi) is 5.86. The number of nitrogens with zero attached hydrogens (tertiary/aromatic N) is 1. The summed E-state index contributed by atoms with van der Waals surface area (Å²) in [5, 5.41) is 3.39. The number of rotatable bonds is 5. The van der Waals surface area contributed by atoms with Crippen molar-refractivity contribution in [3.05, 3.63) is 99.8 Å². The third-order valence-electron chi connectivity index (χ3n) is 4.99. The number of pyridine rings is 1. The van der Waals surface area contributed by atoms with Gasteiger partial charge in [0.15, 0.2) is 0 Å². The largest absolute Gasteiger partial charge is 0.336 e. The molecule has 1 aromatic heterocycles. The number of anilines is 1. The lowest BCUT2D eigenvalue weighted by atomic mass is 10.1. The molecule has 0 aliphatic rings.